The summed E-state index contributed by atoms with van der Waals surface area (Å²) in [5.41, 5.74) is 3.32. The third-order valence-electron chi connectivity index (χ3n) is 4.24. The Bertz CT molecular complexity index is 591. The molecule has 2 aliphatic rings. The van der Waals surface area contributed by atoms with Gasteiger partial charge in [0.15, 0.2) is 0 Å². The summed E-state index contributed by atoms with van der Waals surface area (Å²) in [5.74, 6) is -0.377. The van der Waals surface area contributed by atoms with Crippen molar-refractivity contribution in [1.29, 1.82) is 0 Å². The van der Waals surface area contributed by atoms with Crippen molar-refractivity contribution < 1.29 is 14.3 Å². The Morgan fingerprint density at radius 1 is 1.05 bits per heavy atom. The van der Waals surface area contributed by atoms with Crippen LogP contribution in [0.15, 0.2) is 12.1 Å². The molecule has 0 spiro atoms. The van der Waals surface area contributed by atoms with E-state index in [0.29, 0.717) is 37.4 Å². The van der Waals surface area contributed by atoms with Crippen molar-refractivity contribution >= 4 is 11.8 Å². The first kappa shape index (κ1) is 14.2. The molecule has 0 saturated carbocycles. The molecule has 1 aromatic carbocycles. The van der Waals surface area contributed by atoms with Crippen LogP contribution >= 0.6 is 0 Å². The molecule has 2 amide bonds. The highest BCUT2D eigenvalue weighted by molar-refractivity contribution is 6.21. The highest BCUT2D eigenvalue weighted by atomic mass is 16.5. The molecular weight excluding hydrogens is 268 g/mol. The van der Waals surface area contributed by atoms with E-state index in [1.165, 1.54) is 5.01 Å². The van der Waals surface area contributed by atoms with Crippen LogP contribution in [-0.4, -0.2) is 48.1 Å². The van der Waals surface area contributed by atoms with Gasteiger partial charge in [-0.25, -0.2) is 10.0 Å². The molecule has 0 aliphatic carbocycles. The van der Waals surface area contributed by atoms with Crippen LogP contribution in [-0.2, 0) is 17.6 Å². The first-order chi connectivity index (χ1) is 10.2. The van der Waals surface area contributed by atoms with Gasteiger partial charge in [0.1, 0.15) is 0 Å². The summed E-state index contributed by atoms with van der Waals surface area (Å²) < 4.78 is 5.30. The maximum absolute atomic E-state index is 12.8. The lowest BCUT2D eigenvalue weighted by Gasteiger charge is -2.32. The fraction of sp³-hybridized carbons (Fsp3) is 0.500. The molecule has 0 bridgehead atoms. The number of aryl methyl sites for hydroxylation is 1. The second-order valence-electron chi connectivity index (χ2n) is 5.32. The average molecular weight is 288 g/mol. The lowest BCUT2D eigenvalue weighted by Crippen LogP contribution is -2.51. The van der Waals surface area contributed by atoms with E-state index < -0.39 is 0 Å². The number of hydrazine groups is 1. The highest BCUT2D eigenvalue weighted by Gasteiger charge is 2.41. The topological polar surface area (TPSA) is 49.9 Å². The Kier molecular flexibility index (Phi) is 3.78. The first-order valence-electron chi connectivity index (χ1n) is 7.55. The van der Waals surface area contributed by atoms with Gasteiger partial charge in [-0.1, -0.05) is 19.9 Å². The van der Waals surface area contributed by atoms with E-state index in [9.17, 15) is 9.59 Å². The van der Waals surface area contributed by atoms with Crippen LogP contribution in [0.3, 0.4) is 0 Å². The molecule has 1 saturated heterocycles. The molecule has 0 unspecified atom stereocenters. The van der Waals surface area contributed by atoms with E-state index in [4.69, 9.17) is 4.74 Å². The highest BCUT2D eigenvalue weighted by Crippen LogP contribution is 2.30. The van der Waals surface area contributed by atoms with Crippen molar-refractivity contribution in [2.45, 2.75) is 26.7 Å². The number of amides is 2. The largest absolute Gasteiger partial charge is 0.379 e. The fourth-order valence-electron chi connectivity index (χ4n) is 3.17. The second kappa shape index (κ2) is 5.58. The molecule has 2 aliphatic heterocycles. The number of imide groups is 1. The van der Waals surface area contributed by atoms with Crippen molar-refractivity contribution in [1.82, 2.24) is 10.0 Å². The average Bonchev–Trinajstić information content (AvgIpc) is 2.78. The van der Waals surface area contributed by atoms with Gasteiger partial charge in [0.2, 0.25) is 0 Å². The van der Waals surface area contributed by atoms with Crippen molar-refractivity contribution in [3.63, 3.8) is 0 Å². The third-order valence-corrected chi connectivity index (χ3v) is 4.24. The number of morpholine rings is 1. The SMILES string of the molecule is CCc1ccc2c(c1CC)C(=O)N(N1CCOCC1)C2=O. The lowest BCUT2D eigenvalue weighted by atomic mass is 9.94. The van der Waals surface area contributed by atoms with Gasteiger partial charge in [-0.15, -0.1) is 0 Å². The number of fused-ring (bicyclic) bond motifs is 1. The summed E-state index contributed by atoms with van der Waals surface area (Å²) in [5, 5.41) is 3.12. The van der Waals surface area contributed by atoms with E-state index in [1.54, 1.807) is 11.1 Å². The predicted molar refractivity (Wildman–Crippen MR) is 78.1 cm³/mol. The van der Waals surface area contributed by atoms with Gasteiger partial charge in [-0.05, 0) is 30.0 Å². The van der Waals surface area contributed by atoms with Gasteiger partial charge >= 0.3 is 0 Å². The van der Waals surface area contributed by atoms with E-state index in [-0.39, 0.29) is 11.8 Å². The molecule has 5 nitrogen and oxygen atoms in total. The predicted octanol–water partition coefficient (Wildman–Crippen LogP) is 1.65. The number of hydrogen-bond acceptors (Lipinski definition) is 4. The molecule has 1 fully saturated rings. The van der Waals surface area contributed by atoms with E-state index in [0.717, 1.165) is 24.0 Å². The zero-order valence-electron chi connectivity index (χ0n) is 12.5. The van der Waals surface area contributed by atoms with Gasteiger partial charge in [-0.2, -0.15) is 0 Å². The van der Waals surface area contributed by atoms with Crippen LogP contribution in [0.25, 0.3) is 0 Å². The zero-order chi connectivity index (χ0) is 15.0. The van der Waals surface area contributed by atoms with Crippen LogP contribution in [0.1, 0.15) is 45.7 Å². The number of rotatable bonds is 3. The number of carbonyl (C=O) groups excluding carboxylic acids is 2. The first-order valence-corrected chi connectivity index (χ1v) is 7.55. The number of ether oxygens (including phenoxy) is 1. The minimum atomic E-state index is -0.200. The summed E-state index contributed by atoms with van der Waals surface area (Å²) >= 11 is 0. The Morgan fingerprint density at radius 3 is 2.38 bits per heavy atom. The smallest absolute Gasteiger partial charge is 0.276 e. The standard InChI is InChI=1S/C16H20N2O3/c1-3-11-5-6-13-14(12(11)4-2)16(20)18(15(13)19)17-7-9-21-10-8-17/h5-6H,3-4,7-10H2,1-2H3. The molecule has 21 heavy (non-hydrogen) atoms. The Morgan fingerprint density at radius 2 is 1.76 bits per heavy atom. The molecule has 0 N–H and O–H groups in total. The molecule has 0 atom stereocenters. The van der Waals surface area contributed by atoms with Gasteiger partial charge in [0.05, 0.1) is 24.3 Å². The van der Waals surface area contributed by atoms with Gasteiger partial charge in [0, 0.05) is 13.1 Å². The molecule has 0 aromatic heterocycles. The Labute approximate surface area is 124 Å². The number of benzene rings is 1. The minimum absolute atomic E-state index is 0.177. The van der Waals surface area contributed by atoms with Crippen LogP contribution in [0, 0.1) is 0 Å². The maximum atomic E-state index is 12.8. The van der Waals surface area contributed by atoms with Crippen molar-refractivity contribution in [3.05, 3.63) is 34.4 Å². The van der Waals surface area contributed by atoms with Crippen molar-refractivity contribution in [2.24, 2.45) is 0 Å². The number of carbonyl (C=O) groups is 2. The van der Waals surface area contributed by atoms with Gasteiger partial charge < -0.3 is 4.74 Å². The number of nitrogens with zero attached hydrogens (tertiary/aromatic N) is 2. The van der Waals surface area contributed by atoms with E-state index in [1.807, 2.05) is 13.0 Å². The molecule has 5 heteroatoms. The molecule has 112 valence electrons. The fourth-order valence-corrected chi connectivity index (χ4v) is 3.17. The summed E-state index contributed by atoms with van der Waals surface area (Å²) in [6.07, 6.45) is 1.64. The molecule has 0 radical (unpaired) electrons. The van der Waals surface area contributed by atoms with Crippen molar-refractivity contribution in [2.75, 3.05) is 26.3 Å². The second-order valence-corrected chi connectivity index (χ2v) is 5.32. The quantitative estimate of drug-likeness (QED) is 0.794. The maximum Gasteiger partial charge on any atom is 0.276 e. The zero-order valence-corrected chi connectivity index (χ0v) is 12.5. The van der Waals surface area contributed by atoms with E-state index in [2.05, 4.69) is 6.92 Å². The van der Waals surface area contributed by atoms with Crippen LogP contribution < -0.4 is 0 Å². The summed E-state index contributed by atoms with van der Waals surface area (Å²) in [6, 6.07) is 3.78. The molecule has 1 aromatic rings. The van der Waals surface area contributed by atoms with Gasteiger partial charge in [-0.3, -0.25) is 9.59 Å². The summed E-state index contributed by atoms with van der Waals surface area (Å²) in [7, 11) is 0. The van der Waals surface area contributed by atoms with Crippen molar-refractivity contribution in [3.8, 4) is 0 Å². The molecule has 2 heterocycles. The molecule has 3 rings (SSSR count). The normalized spacial score (nSPS) is 19.2. The monoisotopic (exact) mass is 288 g/mol. The summed E-state index contributed by atoms with van der Waals surface area (Å²) in [4.78, 5) is 25.4. The Balaban J connectivity index is 2.03. The molecular formula is C16H20N2O3. The van der Waals surface area contributed by atoms with Gasteiger partial charge in [0.25, 0.3) is 11.8 Å². The lowest BCUT2D eigenvalue weighted by molar-refractivity contribution is -0.0524. The van der Waals surface area contributed by atoms with Crippen LogP contribution in [0.5, 0.6) is 0 Å². The Hall–Kier alpha value is -1.72. The minimum Gasteiger partial charge on any atom is -0.379 e. The van der Waals surface area contributed by atoms with E-state index >= 15 is 0 Å². The van der Waals surface area contributed by atoms with Crippen LogP contribution in [0.2, 0.25) is 0 Å². The summed E-state index contributed by atoms with van der Waals surface area (Å²) in [6.45, 7) is 6.36. The number of hydrogen-bond donors (Lipinski definition) is 0. The third kappa shape index (κ3) is 2.17. The van der Waals surface area contributed by atoms with Crippen LogP contribution in [0.4, 0.5) is 0 Å².